The van der Waals surface area contributed by atoms with E-state index in [1.54, 1.807) is 12.1 Å². The van der Waals surface area contributed by atoms with Crippen molar-refractivity contribution in [2.45, 2.75) is 19.3 Å². The average molecular weight is 240 g/mol. The highest BCUT2D eigenvalue weighted by atomic mass is 16.5. The molecule has 0 aliphatic heterocycles. The number of aromatic hydroxyl groups is 1. The van der Waals surface area contributed by atoms with E-state index in [1.807, 2.05) is 0 Å². The van der Waals surface area contributed by atoms with Crippen LogP contribution in [0.15, 0.2) is 12.1 Å². The summed E-state index contributed by atoms with van der Waals surface area (Å²) in [4.78, 5) is 10.4. The molecular formula is C12H16O5. The third-order valence-electron chi connectivity index (χ3n) is 2.42. The van der Waals surface area contributed by atoms with Gasteiger partial charge in [-0.25, -0.2) is 0 Å². The molecule has 0 bridgehead atoms. The highest BCUT2D eigenvalue weighted by Crippen LogP contribution is 2.34. The molecule has 5 heteroatoms. The van der Waals surface area contributed by atoms with Crippen molar-refractivity contribution in [2.75, 3.05) is 14.2 Å². The summed E-state index contributed by atoms with van der Waals surface area (Å²) in [6, 6.07) is 3.13. The SMILES string of the molecule is COc1cc(OC)c(CCCC(=O)O)cc1O. The van der Waals surface area contributed by atoms with Crippen LogP contribution >= 0.6 is 0 Å². The van der Waals surface area contributed by atoms with Crippen LogP contribution in [0, 0.1) is 0 Å². The molecule has 0 atom stereocenters. The van der Waals surface area contributed by atoms with Gasteiger partial charge in [-0.15, -0.1) is 0 Å². The highest BCUT2D eigenvalue weighted by molar-refractivity contribution is 5.66. The fourth-order valence-corrected chi connectivity index (χ4v) is 1.57. The van der Waals surface area contributed by atoms with Gasteiger partial charge in [0.2, 0.25) is 0 Å². The maximum absolute atomic E-state index is 10.4. The van der Waals surface area contributed by atoms with Crippen LogP contribution in [0.2, 0.25) is 0 Å². The van der Waals surface area contributed by atoms with Gasteiger partial charge in [0.15, 0.2) is 11.5 Å². The second kappa shape index (κ2) is 5.98. The lowest BCUT2D eigenvalue weighted by Gasteiger charge is -2.11. The number of phenolic OH excluding ortho intramolecular Hbond substituents is 1. The van der Waals surface area contributed by atoms with Crippen LogP contribution in [0.4, 0.5) is 0 Å². The van der Waals surface area contributed by atoms with Crippen molar-refractivity contribution >= 4 is 5.97 Å². The van der Waals surface area contributed by atoms with Crippen LogP contribution in [-0.4, -0.2) is 30.4 Å². The number of phenols is 1. The summed E-state index contributed by atoms with van der Waals surface area (Å²) in [5.74, 6) is 0.120. The van der Waals surface area contributed by atoms with Crippen molar-refractivity contribution in [1.82, 2.24) is 0 Å². The van der Waals surface area contributed by atoms with Crippen LogP contribution in [0.5, 0.6) is 17.2 Å². The Hall–Kier alpha value is -1.91. The predicted molar refractivity (Wildman–Crippen MR) is 61.8 cm³/mol. The van der Waals surface area contributed by atoms with Gasteiger partial charge in [0.1, 0.15) is 5.75 Å². The highest BCUT2D eigenvalue weighted by Gasteiger charge is 2.10. The zero-order chi connectivity index (χ0) is 12.8. The maximum Gasteiger partial charge on any atom is 0.303 e. The number of benzene rings is 1. The van der Waals surface area contributed by atoms with E-state index < -0.39 is 5.97 Å². The van der Waals surface area contributed by atoms with Crippen LogP contribution < -0.4 is 9.47 Å². The third kappa shape index (κ3) is 3.55. The molecular weight excluding hydrogens is 224 g/mol. The number of hydrogen-bond acceptors (Lipinski definition) is 4. The van der Waals surface area contributed by atoms with Gasteiger partial charge in [-0.1, -0.05) is 0 Å². The minimum Gasteiger partial charge on any atom is -0.504 e. The third-order valence-corrected chi connectivity index (χ3v) is 2.42. The summed E-state index contributed by atoms with van der Waals surface area (Å²) >= 11 is 0. The topological polar surface area (TPSA) is 76.0 Å². The first-order valence-electron chi connectivity index (χ1n) is 5.24. The molecule has 94 valence electrons. The van der Waals surface area contributed by atoms with E-state index in [0.29, 0.717) is 24.3 Å². The van der Waals surface area contributed by atoms with Crippen molar-refractivity contribution in [3.8, 4) is 17.2 Å². The first-order chi connectivity index (χ1) is 8.08. The molecule has 0 unspecified atom stereocenters. The zero-order valence-electron chi connectivity index (χ0n) is 9.90. The summed E-state index contributed by atoms with van der Waals surface area (Å²) in [5, 5.41) is 18.2. The summed E-state index contributed by atoms with van der Waals surface area (Å²) in [6.07, 6.45) is 1.13. The Morgan fingerprint density at radius 2 is 1.88 bits per heavy atom. The van der Waals surface area contributed by atoms with Crippen LogP contribution in [0.3, 0.4) is 0 Å². The fraction of sp³-hybridized carbons (Fsp3) is 0.417. The minimum absolute atomic E-state index is 0.0265. The van der Waals surface area contributed by atoms with Crippen molar-refractivity contribution < 1.29 is 24.5 Å². The lowest BCUT2D eigenvalue weighted by molar-refractivity contribution is -0.137. The standard InChI is InChI=1S/C12H16O5/c1-16-10-7-11(17-2)9(13)6-8(10)4-3-5-12(14)15/h6-7,13H,3-5H2,1-2H3,(H,14,15). The normalized spacial score (nSPS) is 10.0. The van der Waals surface area contributed by atoms with Crippen LogP contribution in [0.25, 0.3) is 0 Å². The molecule has 2 N–H and O–H groups in total. The number of aliphatic carboxylic acids is 1. The summed E-state index contributed by atoms with van der Waals surface area (Å²) in [5.41, 5.74) is 0.770. The molecule has 0 aliphatic rings. The molecule has 1 aromatic carbocycles. The van der Waals surface area contributed by atoms with E-state index in [0.717, 1.165) is 5.56 Å². The molecule has 1 rings (SSSR count). The number of carboxylic acid groups (broad SMARTS) is 1. The number of methoxy groups -OCH3 is 2. The van der Waals surface area contributed by atoms with Crippen molar-refractivity contribution in [1.29, 1.82) is 0 Å². The first-order valence-corrected chi connectivity index (χ1v) is 5.24. The van der Waals surface area contributed by atoms with Gasteiger partial charge in [0.25, 0.3) is 0 Å². The molecule has 0 saturated carbocycles. The Morgan fingerprint density at radius 3 is 2.41 bits per heavy atom. The number of carbonyl (C=O) groups is 1. The fourth-order valence-electron chi connectivity index (χ4n) is 1.57. The largest absolute Gasteiger partial charge is 0.504 e. The van der Waals surface area contributed by atoms with Gasteiger partial charge in [0, 0.05) is 12.5 Å². The van der Waals surface area contributed by atoms with Crippen LogP contribution in [0.1, 0.15) is 18.4 Å². The lowest BCUT2D eigenvalue weighted by atomic mass is 10.1. The van der Waals surface area contributed by atoms with Gasteiger partial charge in [0.05, 0.1) is 14.2 Å². The molecule has 0 radical (unpaired) electrons. The van der Waals surface area contributed by atoms with Crippen molar-refractivity contribution in [3.63, 3.8) is 0 Å². The molecule has 0 aliphatic carbocycles. The first kappa shape index (κ1) is 13.2. The van der Waals surface area contributed by atoms with E-state index in [1.165, 1.54) is 14.2 Å². The number of rotatable bonds is 6. The second-order valence-electron chi connectivity index (χ2n) is 3.58. The van der Waals surface area contributed by atoms with E-state index in [2.05, 4.69) is 0 Å². The van der Waals surface area contributed by atoms with E-state index in [9.17, 15) is 9.90 Å². The van der Waals surface area contributed by atoms with Gasteiger partial charge in [-0.3, -0.25) is 4.79 Å². The van der Waals surface area contributed by atoms with Gasteiger partial charge < -0.3 is 19.7 Å². The monoisotopic (exact) mass is 240 g/mol. The quantitative estimate of drug-likeness (QED) is 0.793. The Bertz CT molecular complexity index is 400. The summed E-state index contributed by atoms with van der Waals surface area (Å²) < 4.78 is 10.1. The molecule has 0 spiro atoms. The van der Waals surface area contributed by atoms with E-state index >= 15 is 0 Å². The number of carboxylic acids is 1. The van der Waals surface area contributed by atoms with Gasteiger partial charge in [-0.2, -0.15) is 0 Å². The van der Waals surface area contributed by atoms with Gasteiger partial charge in [-0.05, 0) is 24.5 Å². The predicted octanol–water partition coefficient (Wildman–Crippen LogP) is 1.82. The zero-order valence-corrected chi connectivity index (χ0v) is 9.90. The molecule has 0 saturated heterocycles. The Kier molecular flexibility index (Phi) is 4.63. The summed E-state index contributed by atoms with van der Waals surface area (Å²) in [6.45, 7) is 0. The molecule has 0 heterocycles. The minimum atomic E-state index is -0.832. The average Bonchev–Trinajstić information content (AvgIpc) is 2.29. The van der Waals surface area contributed by atoms with Crippen molar-refractivity contribution in [2.24, 2.45) is 0 Å². The van der Waals surface area contributed by atoms with Crippen LogP contribution in [-0.2, 0) is 11.2 Å². The molecule has 0 fully saturated rings. The molecule has 17 heavy (non-hydrogen) atoms. The number of hydrogen-bond donors (Lipinski definition) is 2. The Morgan fingerprint density at radius 1 is 1.24 bits per heavy atom. The smallest absolute Gasteiger partial charge is 0.303 e. The lowest BCUT2D eigenvalue weighted by Crippen LogP contribution is -1.98. The number of ether oxygens (including phenoxy) is 2. The Labute approximate surface area is 99.6 Å². The summed E-state index contributed by atoms with van der Waals surface area (Å²) in [7, 11) is 2.98. The number of aryl methyl sites for hydroxylation is 1. The van der Waals surface area contributed by atoms with E-state index in [4.69, 9.17) is 14.6 Å². The maximum atomic E-state index is 10.4. The molecule has 5 nitrogen and oxygen atoms in total. The Balaban J connectivity index is 2.83. The second-order valence-corrected chi connectivity index (χ2v) is 3.58. The molecule has 0 aromatic heterocycles. The molecule has 0 amide bonds. The van der Waals surface area contributed by atoms with E-state index in [-0.39, 0.29) is 12.2 Å². The van der Waals surface area contributed by atoms with Crippen molar-refractivity contribution in [3.05, 3.63) is 17.7 Å². The molecule has 1 aromatic rings. The van der Waals surface area contributed by atoms with Gasteiger partial charge >= 0.3 is 5.97 Å².